The summed E-state index contributed by atoms with van der Waals surface area (Å²) >= 11 is 0. The normalized spacial score (nSPS) is 16.6. The Labute approximate surface area is 136 Å². The number of carbonyl (C=O) groups excluding carboxylic acids is 2. The lowest BCUT2D eigenvalue weighted by Crippen LogP contribution is -2.58. The van der Waals surface area contributed by atoms with Crippen molar-refractivity contribution in [2.24, 2.45) is 22.4 Å². The Morgan fingerprint density at radius 2 is 1.96 bits per heavy atom. The lowest BCUT2D eigenvalue weighted by atomic mass is 9.75. The van der Waals surface area contributed by atoms with Gasteiger partial charge >= 0.3 is 12.1 Å². The Kier molecular flexibility index (Phi) is 8.88. The first kappa shape index (κ1) is 20.9. The van der Waals surface area contributed by atoms with Crippen LogP contribution in [0.5, 0.6) is 0 Å². The van der Waals surface area contributed by atoms with Gasteiger partial charge in [-0.15, -0.1) is 0 Å². The number of nitrogens with zero attached hydrogens (tertiary/aromatic N) is 2. The maximum Gasteiger partial charge on any atom is 0.516 e. The molecule has 0 aromatic heterocycles. The van der Waals surface area contributed by atoms with Gasteiger partial charge in [0, 0.05) is 0 Å². The van der Waals surface area contributed by atoms with E-state index in [9.17, 15) is 14.9 Å². The summed E-state index contributed by atoms with van der Waals surface area (Å²) in [7, 11) is 0. The number of hydrogen-bond donors (Lipinski definition) is 2. The van der Waals surface area contributed by atoms with Crippen LogP contribution in [-0.4, -0.2) is 36.1 Å². The van der Waals surface area contributed by atoms with E-state index in [4.69, 9.17) is 16.2 Å². The van der Waals surface area contributed by atoms with Gasteiger partial charge in [0.15, 0.2) is 5.54 Å². The van der Waals surface area contributed by atoms with Gasteiger partial charge in [-0.3, -0.25) is 4.99 Å². The molecule has 0 saturated heterocycles. The molecule has 0 rings (SSSR count). The number of esters is 1. The molecule has 0 heterocycles. The van der Waals surface area contributed by atoms with E-state index in [1.54, 1.807) is 6.92 Å². The van der Waals surface area contributed by atoms with Gasteiger partial charge in [-0.05, 0) is 26.2 Å². The molecule has 0 spiro atoms. The molecule has 0 fully saturated rings. The van der Waals surface area contributed by atoms with Crippen molar-refractivity contribution in [2.45, 2.75) is 58.5 Å². The van der Waals surface area contributed by atoms with E-state index in [0.29, 0.717) is 12.8 Å². The number of nitrogens with two attached hydrogens (primary N) is 2. The molecule has 0 aromatic rings. The summed E-state index contributed by atoms with van der Waals surface area (Å²) in [4.78, 5) is 28.3. The smallest absolute Gasteiger partial charge is 0.434 e. The third kappa shape index (κ3) is 5.21. The van der Waals surface area contributed by atoms with Gasteiger partial charge in [-0.25, -0.2) is 9.59 Å². The van der Waals surface area contributed by atoms with Crippen molar-refractivity contribution in [3.05, 3.63) is 0 Å². The minimum Gasteiger partial charge on any atom is -0.434 e. The fourth-order valence-electron chi connectivity index (χ4n) is 2.53. The highest BCUT2D eigenvalue weighted by molar-refractivity contribution is 5.93. The molecule has 0 saturated carbocycles. The molecule has 3 unspecified atom stereocenters. The predicted molar refractivity (Wildman–Crippen MR) is 85.4 cm³/mol. The second kappa shape index (κ2) is 9.79. The zero-order valence-corrected chi connectivity index (χ0v) is 14.2. The van der Waals surface area contributed by atoms with Crippen LogP contribution in [0.1, 0.15) is 47.0 Å². The van der Waals surface area contributed by atoms with Gasteiger partial charge in [0.2, 0.25) is 0 Å². The monoisotopic (exact) mass is 326 g/mol. The molecule has 0 amide bonds. The van der Waals surface area contributed by atoms with Crippen molar-refractivity contribution in [2.75, 3.05) is 6.61 Å². The van der Waals surface area contributed by atoms with E-state index in [1.165, 1.54) is 6.92 Å². The summed E-state index contributed by atoms with van der Waals surface area (Å²) < 4.78 is 9.33. The van der Waals surface area contributed by atoms with Gasteiger partial charge < -0.3 is 20.9 Å². The highest BCUT2D eigenvalue weighted by atomic mass is 16.7. The van der Waals surface area contributed by atoms with Crippen LogP contribution in [0.4, 0.5) is 4.79 Å². The summed E-state index contributed by atoms with van der Waals surface area (Å²) in [5.41, 5.74) is 9.78. The van der Waals surface area contributed by atoms with Crippen LogP contribution in [0.25, 0.3) is 0 Å². The number of nitriles is 1. The van der Waals surface area contributed by atoms with Gasteiger partial charge in [-0.1, -0.05) is 26.7 Å². The van der Waals surface area contributed by atoms with Crippen LogP contribution < -0.4 is 11.5 Å². The third-order valence-corrected chi connectivity index (χ3v) is 3.49. The minimum absolute atomic E-state index is 0.0504. The van der Waals surface area contributed by atoms with Crippen molar-refractivity contribution in [3.63, 3.8) is 0 Å². The van der Waals surface area contributed by atoms with Crippen LogP contribution in [0.15, 0.2) is 4.99 Å². The number of rotatable bonds is 8. The van der Waals surface area contributed by atoms with Gasteiger partial charge in [0.05, 0.1) is 18.5 Å². The van der Waals surface area contributed by atoms with E-state index >= 15 is 0 Å². The molecule has 0 aliphatic heterocycles. The molecule has 130 valence electrons. The third-order valence-electron chi connectivity index (χ3n) is 3.49. The SMILES string of the molecule is CCCC(CC)C(N=C(C)N)(C(=O)OC(=O)OCC)C(N)C#N. The summed E-state index contributed by atoms with van der Waals surface area (Å²) in [6.07, 6.45) is 0.672. The van der Waals surface area contributed by atoms with Gasteiger partial charge in [0.1, 0.15) is 6.04 Å². The second-order valence-electron chi connectivity index (χ2n) is 5.15. The molecule has 0 aliphatic rings. The Bertz CT molecular complexity index is 482. The number of hydrogen-bond acceptors (Lipinski definition) is 7. The summed E-state index contributed by atoms with van der Waals surface area (Å²) in [6, 6.07) is 0.527. The number of aliphatic imine (C=N–C) groups is 1. The maximum atomic E-state index is 12.6. The maximum absolute atomic E-state index is 12.6. The van der Waals surface area contributed by atoms with Gasteiger partial charge in [-0.2, -0.15) is 5.26 Å². The molecule has 8 nitrogen and oxygen atoms in total. The van der Waals surface area contributed by atoms with Crippen LogP contribution in [-0.2, 0) is 14.3 Å². The summed E-state index contributed by atoms with van der Waals surface area (Å²) in [5, 5.41) is 9.27. The first-order chi connectivity index (χ1) is 10.8. The highest BCUT2D eigenvalue weighted by Gasteiger charge is 2.52. The average molecular weight is 326 g/mol. The van der Waals surface area contributed by atoms with Gasteiger partial charge in [0.25, 0.3) is 0 Å². The molecule has 0 bridgehead atoms. The first-order valence-electron chi connectivity index (χ1n) is 7.66. The lowest BCUT2D eigenvalue weighted by molar-refractivity contribution is -0.148. The molecule has 3 atom stereocenters. The zero-order chi connectivity index (χ0) is 18.0. The van der Waals surface area contributed by atoms with Crippen molar-refractivity contribution in [1.82, 2.24) is 0 Å². The number of amidine groups is 1. The van der Waals surface area contributed by atoms with Crippen molar-refractivity contribution < 1.29 is 19.1 Å². The second-order valence-corrected chi connectivity index (χ2v) is 5.15. The molecule has 0 aromatic carbocycles. The average Bonchev–Trinajstić information content (AvgIpc) is 2.49. The molecule has 8 heteroatoms. The molecule has 0 aliphatic carbocycles. The highest BCUT2D eigenvalue weighted by Crippen LogP contribution is 2.33. The first-order valence-corrected chi connectivity index (χ1v) is 7.66. The Hall–Kier alpha value is -2.14. The summed E-state index contributed by atoms with van der Waals surface area (Å²) in [6.45, 7) is 6.89. The topological polar surface area (TPSA) is 141 Å². The quantitative estimate of drug-likeness (QED) is 0.298. The Morgan fingerprint density at radius 1 is 1.35 bits per heavy atom. The van der Waals surface area contributed by atoms with E-state index in [0.717, 1.165) is 6.42 Å². The molecule has 0 radical (unpaired) electrons. The van der Waals surface area contributed by atoms with E-state index in [1.807, 2.05) is 19.9 Å². The van der Waals surface area contributed by atoms with Crippen molar-refractivity contribution in [3.8, 4) is 6.07 Å². The van der Waals surface area contributed by atoms with Crippen molar-refractivity contribution in [1.29, 1.82) is 5.26 Å². The Balaban J connectivity index is 6.00. The zero-order valence-electron chi connectivity index (χ0n) is 14.2. The molecule has 4 N–H and O–H groups in total. The molecular formula is C15H26N4O4. The lowest BCUT2D eigenvalue weighted by Gasteiger charge is -2.36. The van der Waals surface area contributed by atoms with Crippen LogP contribution in [0, 0.1) is 17.2 Å². The molecular weight excluding hydrogens is 300 g/mol. The van der Waals surface area contributed by atoms with Crippen LogP contribution in [0.2, 0.25) is 0 Å². The Morgan fingerprint density at radius 3 is 2.35 bits per heavy atom. The molecule has 23 heavy (non-hydrogen) atoms. The van der Waals surface area contributed by atoms with E-state index < -0.39 is 29.6 Å². The largest absolute Gasteiger partial charge is 0.516 e. The van der Waals surface area contributed by atoms with Crippen LogP contribution >= 0.6 is 0 Å². The van der Waals surface area contributed by atoms with E-state index in [2.05, 4.69) is 9.73 Å². The van der Waals surface area contributed by atoms with Crippen molar-refractivity contribution >= 4 is 18.0 Å². The summed E-state index contributed by atoms with van der Waals surface area (Å²) in [5.74, 6) is -1.34. The predicted octanol–water partition coefficient (Wildman–Crippen LogP) is 1.48. The number of ether oxygens (including phenoxy) is 2. The standard InChI is InChI=1S/C15H26N4O4/c1-5-8-11(6-2)15(12(18)9-16,19-10(4)17)13(20)23-14(21)22-7-3/h11-12H,5-8,18H2,1-4H3,(H2,17,19). The number of carbonyl (C=O) groups is 2. The fraction of sp³-hybridized carbons (Fsp3) is 0.733. The minimum atomic E-state index is -1.74. The fourth-order valence-corrected chi connectivity index (χ4v) is 2.53. The van der Waals surface area contributed by atoms with Crippen LogP contribution in [0.3, 0.4) is 0 Å². The van der Waals surface area contributed by atoms with E-state index in [-0.39, 0.29) is 12.4 Å².